The number of carboxylic acids is 1. The molecule has 1 spiro atoms. The molecule has 2 N–H and O–H groups in total. The summed E-state index contributed by atoms with van der Waals surface area (Å²) in [6, 6.07) is 3.70. The quantitative estimate of drug-likeness (QED) is 0.645. The molecule has 0 saturated carbocycles. The van der Waals surface area contributed by atoms with Gasteiger partial charge in [-0.05, 0) is 35.8 Å². The lowest BCUT2D eigenvalue weighted by atomic mass is 9.68. The smallest absolute Gasteiger partial charge is 0.355 e. The third kappa shape index (κ3) is 3.70. The summed E-state index contributed by atoms with van der Waals surface area (Å²) in [4.78, 5) is 28.5. The number of benzene rings is 1. The average Bonchev–Trinajstić information content (AvgIpc) is 3.17. The Balaban J connectivity index is 1.62. The normalized spacial score (nSPS) is 23.4. The Morgan fingerprint density at radius 1 is 1.30 bits per heavy atom. The van der Waals surface area contributed by atoms with Crippen molar-refractivity contribution >= 4 is 58.0 Å². The first-order valence-corrected chi connectivity index (χ1v) is 11.0. The molecule has 3 aliphatic rings. The molecule has 11 heteroatoms. The summed E-state index contributed by atoms with van der Waals surface area (Å²) in [6.45, 7) is 0. The number of guanidine groups is 1. The maximum Gasteiger partial charge on any atom is 0.355 e. The van der Waals surface area contributed by atoms with Crippen molar-refractivity contribution in [2.24, 2.45) is 20.9 Å². The van der Waals surface area contributed by atoms with Gasteiger partial charge in [0.05, 0.1) is 10.6 Å². The van der Waals surface area contributed by atoms with Crippen molar-refractivity contribution in [3.05, 3.63) is 75.4 Å². The van der Waals surface area contributed by atoms with Crippen molar-refractivity contribution in [1.82, 2.24) is 4.98 Å². The van der Waals surface area contributed by atoms with Crippen molar-refractivity contribution in [3.63, 3.8) is 0 Å². The number of allylic oxidation sites excluding steroid dienone is 3. The van der Waals surface area contributed by atoms with Crippen molar-refractivity contribution in [1.29, 1.82) is 0 Å². The number of nitrogens with one attached hydrogen (secondary N) is 1. The van der Waals surface area contributed by atoms with Gasteiger partial charge in [0.1, 0.15) is 17.2 Å². The van der Waals surface area contributed by atoms with Crippen molar-refractivity contribution in [2.45, 2.75) is 12.0 Å². The molecule has 33 heavy (non-hydrogen) atoms. The zero-order valence-corrected chi connectivity index (χ0v) is 18.2. The van der Waals surface area contributed by atoms with E-state index < -0.39 is 23.1 Å². The first-order valence-electron chi connectivity index (χ1n) is 9.74. The standard InChI is InChI=1S/C22H14ClF2N5O2S/c23-12-6-14-13(18-15(24)2-1-3-16(18)25)5-4-11-7-27-20(30-22(11,14)10-26-8-12)29-21-28-17(9-33-21)19(31)32/h1-3,5-11H,4H2,(H,31,32)(H,28,29,30). The molecule has 3 heterocycles. The van der Waals surface area contributed by atoms with Crippen LogP contribution in [0.1, 0.15) is 22.5 Å². The molecular formula is C22H14ClF2N5O2S. The number of nitrogens with zero attached hydrogens (tertiary/aromatic N) is 4. The zero-order chi connectivity index (χ0) is 23.2. The van der Waals surface area contributed by atoms with E-state index in [2.05, 4.69) is 20.3 Å². The Morgan fingerprint density at radius 3 is 2.82 bits per heavy atom. The molecule has 0 fully saturated rings. The Morgan fingerprint density at radius 2 is 2.09 bits per heavy atom. The summed E-state index contributed by atoms with van der Waals surface area (Å²) in [5.74, 6) is -2.68. The molecule has 1 aliphatic carbocycles. The minimum absolute atomic E-state index is 0.107. The first kappa shape index (κ1) is 21.4. The fourth-order valence-corrected chi connectivity index (χ4v) is 4.84. The van der Waals surface area contributed by atoms with E-state index in [4.69, 9.17) is 21.7 Å². The molecule has 7 nitrogen and oxygen atoms in total. The van der Waals surface area contributed by atoms with Crippen LogP contribution in [0, 0.1) is 17.6 Å². The van der Waals surface area contributed by atoms with Gasteiger partial charge < -0.3 is 10.4 Å². The van der Waals surface area contributed by atoms with Gasteiger partial charge in [-0.15, -0.1) is 11.3 Å². The molecule has 1 aromatic carbocycles. The number of thiazole rings is 1. The Labute approximate surface area is 195 Å². The van der Waals surface area contributed by atoms with E-state index in [1.165, 1.54) is 29.8 Å². The summed E-state index contributed by atoms with van der Waals surface area (Å²) >= 11 is 7.38. The highest BCUT2D eigenvalue weighted by molar-refractivity contribution is 7.14. The van der Waals surface area contributed by atoms with Crippen LogP contribution in [-0.2, 0) is 0 Å². The van der Waals surface area contributed by atoms with E-state index in [-0.39, 0.29) is 33.3 Å². The largest absolute Gasteiger partial charge is 0.476 e. The van der Waals surface area contributed by atoms with Crippen molar-refractivity contribution < 1.29 is 18.7 Å². The van der Waals surface area contributed by atoms with Crippen LogP contribution in [0.25, 0.3) is 5.57 Å². The molecule has 0 amide bonds. The van der Waals surface area contributed by atoms with Crippen molar-refractivity contribution in [3.8, 4) is 0 Å². The second kappa shape index (κ2) is 8.13. The van der Waals surface area contributed by atoms with Crippen LogP contribution >= 0.6 is 22.9 Å². The van der Waals surface area contributed by atoms with Crippen LogP contribution in [0.5, 0.6) is 0 Å². The number of carbonyl (C=O) groups is 1. The zero-order valence-electron chi connectivity index (χ0n) is 16.7. The monoisotopic (exact) mass is 485 g/mol. The second-order valence-corrected chi connectivity index (χ2v) is 8.71. The summed E-state index contributed by atoms with van der Waals surface area (Å²) in [5.41, 5.74) is -0.601. The molecule has 0 radical (unpaired) electrons. The maximum atomic E-state index is 14.7. The highest BCUT2D eigenvalue weighted by Crippen LogP contribution is 2.47. The number of hydrogen-bond donors (Lipinski definition) is 2. The number of rotatable bonds is 3. The van der Waals surface area contributed by atoms with Gasteiger partial charge in [-0.2, -0.15) is 0 Å². The SMILES string of the molecule is O=C(O)c1csc(NC2=NC34C=NC=C(Cl)C=C3C(c3c(F)cccc3F)=CCC4C=N2)n1. The summed E-state index contributed by atoms with van der Waals surface area (Å²) in [5, 5.41) is 14.0. The van der Waals surface area contributed by atoms with Gasteiger partial charge in [-0.3, -0.25) is 4.99 Å². The van der Waals surface area contributed by atoms with Gasteiger partial charge in [0, 0.05) is 29.9 Å². The van der Waals surface area contributed by atoms with Gasteiger partial charge in [-0.25, -0.2) is 28.5 Å². The number of aliphatic imine (C=N–C) groups is 3. The Kier molecular flexibility index (Phi) is 5.26. The molecular weight excluding hydrogens is 472 g/mol. The lowest BCUT2D eigenvalue weighted by Gasteiger charge is -2.40. The van der Waals surface area contributed by atoms with Crippen LogP contribution in [-0.4, -0.2) is 40.0 Å². The number of anilines is 1. The minimum atomic E-state index is -1.15. The fraction of sp³-hybridized carbons (Fsp3) is 0.136. The number of carboxylic acid groups (broad SMARTS) is 1. The highest BCUT2D eigenvalue weighted by atomic mass is 35.5. The Bertz CT molecular complexity index is 1340. The number of hydrogen-bond acceptors (Lipinski definition) is 7. The van der Waals surface area contributed by atoms with E-state index in [0.717, 1.165) is 11.3 Å². The van der Waals surface area contributed by atoms with Crippen LogP contribution in [0.3, 0.4) is 0 Å². The van der Waals surface area contributed by atoms with E-state index in [1.54, 1.807) is 24.6 Å². The van der Waals surface area contributed by atoms with Crippen LogP contribution in [0.2, 0.25) is 0 Å². The molecule has 0 bridgehead atoms. The molecule has 0 saturated heterocycles. The topological polar surface area (TPSA) is 99.3 Å². The molecule has 1 aromatic heterocycles. The van der Waals surface area contributed by atoms with Gasteiger partial charge >= 0.3 is 5.97 Å². The van der Waals surface area contributed by atoms with Gasteiger partial charge in [0.2, 0.25) is 5.96 Å². The Hall–Kier alpha value is -3.50. The predicted octanol–water partition coefficient (Wildman–Crippen LogP) is 4.91. The van der Waals surface area contributed by atoms with E-state index >= 15 is 0 Å². The third-order valence-corrected chi connectivity index (χ3v) is 6.42. The predicted molar refractivity (Wildman–Crippen MR) is 124 cm³/mol. The lowest BCUT2D eigenvalue weighted by Crippen LogP contribution is -2.46. The average molecular weight is 486 g/mol. The van der Waals surface area contributed by atoms with Gasteiger partial charge in [0.15, 0.2) is 10.8 Å². The minimum Gasteiger partial charge on any atom is -0.476 e. The van der Waals surface area contributed by atoms with Crippen LogP contribution in [0.15, 0.2) is 67.5 Å². The summed E-state index contributed by atoms with van der Waals surface area (Å²) in [7, 11) is 0. The number of aromatic nitrogens is 1. The molecule has 2 aliphatic heterocycles. The molecule has 2 atom stereocenters. The van der Waals surface area contributed by atoms with Crippen molar-refractivity contribution in [2.75, 3.05) is 5.32 Å². The summed E-state index contributed by atoms with van der Waals surface area (Å²) in [6.07, 6.45) is 8.46. The van der Waals surface area contributed by atoms with E-state index in [1.807, 2.05) is 0 Å². The molecule has 166 valence electrons. The maximum absolute atomic E-state index is 14.7. The van der Waals surface area contributed by atoms with E-state index in [9.17, 15) is 13.6 Å². The van der Waals surface area contributed by atoms with Gasteiger partial charge in [0.25, 0.3) is 0 Å². The highest BCUT2D eigenvalue weighted by Gasteiger charge is 2.47. The number of halogens is 3. The van der Waals surface area contributed by atoms with Crippen LogP contribution < -0.4 is 5.32 Å². The molecule has 2 unspecified atom stereocenters. The lowest BCUT2D eigenvalue weighted by molar-refractivity contribution is 0.0691. The van der Waals surface area contributed by atoms with E-state index in [0.29, 0.717) is 17.6 Å². The summed E-state index contributed by atoms with van der Waals surface area (Å²) < 4.78 is 29.5. The molecule has 2 aromatic rings. The third-order valence-electron chi connectivity index (χ3n) is 5.46. The molecule has 5 rings (SSSR count). The fourth-order valence-electron chi connectivity index (χ4n) is 3.99. The van der Waals surface area contributed by atoms with Crippen LogP contribution in [0.4, 0.5) is 13.9 Å². The second-order valence-electron chi connectivity index (χ2n) is 7.41. The first-order chi connectivity index (χ1) is 15.9. The number of aromatic carboxylic acids is 1. The van der Waals surface area contributed by atoms with Gasteiger partial charge in [-0.1, -0.05) is 23.7 Å².